The molecule has 0 radical (unpaired) electrons. The smallest absolute Gasteiger partial charge is 0.317 e. The number of benzene rings is 2. The van der Waals surface area contributed by atoms with Crippen molar-refractivity contribution >= 4 is 17.5 Å². The molecule has 3 rings (SSSR count). The number of ketones is 1. The van der Waals surface area contributed by atoms with E-state index in [9.17, 15) is 14.0 Å². The number of rotatable bonds is 2. The number of urea groups is 1. The SMILES string of the molecule is CC(=O)c1ccc(NC(=O)N2Cc3cc(F)ccc3C[C@@H]2C)cc1. The second-order valence-corrected chi connectivity index (χ2v) is 6.16. The molecule has 0 aliphatic carbocycles. The normalized spacial score (nSPS) is 16.5. The minimum atomic E-state index is -0.288. The summed E-state index contributed by atoms with van der Waals surface area (Å²) in [7, 11) is 0. The molecule has 2 amide bonds. The zero-order chi connectivity index (χ0) is 17.3. The van der Waals surface area contributed by atoms with Crippen LogP contribution in [0.2, 0.25) is 0 Å². The predicted molar refractivity (Wildman–Crippen MR) is 90.6 cm³/mol. The lowest BCUT2D eigenvalue weighted by molar-refractivity contribution is 0.101. The molecule has 0 saturated heterocycles. The van der Waals surface area contributed by atoms with E-state index in [1.165, 1.54) is 19.1 Å². The van der Waals surface area contributed by atoms with Crippen LogP contribution >= 0.6 is 0 Å². The number of carbonyl (C=O) groups excluding carboxylic acids is 2. The van der Waals surface area contributed by atoms with E-state index < -0.39 is 0 Å². The molecule has 0 saturated carbocycles. The minimum Gasteiger partial charge on any atom is -0.317 e. The van der Waals surface area contributed by atoms with Crippen LogP contribution in [0.4, 0.5) is 14.9 Å². The summed E-state index contributed by atoms with van der Waals surface area (Å²) >= 11 is 0. The van der Waals surface area contributed by atoms with Crippen molar-refractivity contribution in [1.29, 1.82) is 0 Å². The van der Waals surface area contributed by atoms with Gasteiger partial charge < -0.3 is 10.2 Å². The summed E-state index contributed by atoms with van der Waals surface area (Å²) in [6.07, 6.45) is 0.701. The second kappa shape index (κ2) is 6.43. The van der Waals surface area contributed by atoms with Crippen LogP contribution in [0.25, 0.3) is 0 Å². The van der Waals surface area contributed by atoms with Crippen molar-refractivity contribution in [2.75, 3.05) is 5.32 Å². The molecule has 0 fully saturated rings. The molecule has 2 aromatic carbocycles. The number of carbonyl (C=O) groups is 2. The number of fused-ring (bicyclic) bond motifs is 1. The molecule has 0 spiro atoms. The van der Waals surface area contributed by atoms with Crippen molar-refractivity contribution in [3.05, 3.63) is 65.0 Å². The van der Waals surface area contributed by atoms with Gasteiger partial charge in [-0.2, -0.15) is 0 Å². The fourth-order valence-corrected chi connectivity index (χ4v) is 2.96. The Morgan fingerprint density at radius 2 is 1.83 bits per heavy atom. The van der Waals surface area contributed by atoms with Gasteiger partial charge in [-0.3, -0.25) is 4.79 Å². The van der Waals surface area contributed by atoms with Gasteiger partial charge in [0.2, 0.25) is 0 Å². The molecule has 1 heterocycles. The predicted octanol–water partition coefficient (Wildman–Crippen LogP) is 4.01. The first kappa shape index (κ1) is 16.2. The van der Waals surface area contributed by atoms with Crippen molar-refractivity contribution in [2.45, 2.75) is 32.9 Å². The first-order valence-electron chi connectivity index (χ1n) is 7.90. The highest BCUT2D eigenvalue weighted by Gasteiger charge is 2.27. The number of hydrogen-bond acceptors (Lipinski definition) is 2. The van der Waals surface area contributed by atoms with Crippen molar-refractivity contribution in [2.24, 2.45) is 0 Å². The highest BCUT2D eigenvalue weighted by Crippen LogP contribution is 2.25. The van der Waals surface area contributed by atoms with Gasteiger partial charge in [-0.1, -0.05) is 6.07 Å². The monoisotopic (exact) mass is 326 g/mol. The van der Waals surface area contributed by atoms with Crippen molar-refractivity contribution in [3.8, 4) is 0 Å². The molecule has 1 atom stereocenters. The first-order valence-corrected chi connectivity index (χ1v) is 7.90. The molecule has 5 heteroatoms. The lowest BCUT2D eigenvalue weighted by Gasteiger charge is -2.35. The van der Waals surface area contributed by atoms with Crippen molar-refractivity contribution in [1.82, 2.24) is 4.90 Å². The maximum atomic E-state index is 13.4. The van der Waals surface area contributed by atoms with Crippen LogP contribution in [0.5, 0.6) is 0 Å². The Morgan fingerprint density at radius 3 is 2.50 bits per heavy atom. The Balaban J connectivity index is 1.74. The van der Waals surface area contributed by atoms with E-state index in [1.54, 1.807) is 35.2 Å². The maximum absolute atomic E-state index is 13.4. The number of nitrogens with one attached hydrogen (secondary N) is 1. The molecule has 124 valence electrons. The van der Waals surface area contributed by atoms with E-state index in [-0.39, 0.29) is 23.7 Å². The summed E-state index contributed by atoms with van der Waals surface area (Å²) in [6, 6.07) is 11.3. The molecule has 2 aromatic rings. The Bertz CT molecular complexity index is 786. The fourth-order valence-electron chi connectivity index (χ4n) is 2.96. The summed E-state index contributed by atoms with van der Waals surface area (Å²) in [4.78, 5) is 25.5. The van der Waals surface area contributed by atoms with E-state index in [0.29, 0.717) is 24.2 Å². The standard InChI is InChI=1S/C19H19FN2O2/c1-12-9-15-3-6-17(20)10-16(15)11-22(12)19(24)21-18-7-4-14(5-8-18)13(2)23/h3-8,10,12H,9,11H2,1-2H3,(H,21,24)/t12-/m0/s1. The molecule has 0 bridgehead atoms. The van der Waals surface area contributed by atoms with Gasteiger partial charge >= 0.3 is 6.03 Å². The largest absolute Gasteiger partial charge is 0.322 e. The zero-order valence-corrected chi connectivity index (χ0v) is 13.7. The molecular weight excluding hydrogens is 307 g/mol. The summed E-state index contributed by atoms with van der Waals surface area (Å²) in [6.45, 7) is 3.86. The van der Waals surface area contributed by atoms with E-state index >= 15 is 0 Å². The van der Waals surface area contributed by atoms with Gasteiger partial charge in [0, 0.05) is 23.8 Å². The van der Waals surface area contributed by atoms with Gasteiger partial charge in [-0.25, -0.2) is 9.18 Å². The highest BCUT2D eigenvalue weighted by atomic mass is 19.1. The number of Topliss-reactive ketones (excluding diaryl/α,β-unsaturated/α-hetero) is 1. The molecule has 0 aromatic heterocycles. The van der Waals surface area contributed by atoms with Crippen molar-refractivity contribution < 1.29 is 14.0 Å². The van der Waals surface area contributed by atoms with Gasteiger partial charge in [-0.15, -0.1) is 0 Å². The fraction of sp³-hybridized carbons (Fsp3) is 0.263. The molecule has 24 heavy (non-hydrogen) atoms. The molecule has 0 unspecified atom stereocenters. The molecule has 4 nitrogen and oxygen atoms in total. The molecular formula is C19H19FN2O2. The second-order valence-electron chi connectivity index (χ2n) is 6.16. The van der Waals surface area contributed by atoms with Crippen LogP contribution in [-0.4, -0.2) is 22.8 Å². The van der Waals surface area contributed by atoms with Gasteiger partial charge in [0.05, 0.1) is 0 Å². The maximum Gasteiger partial charge on any atom is 0.322 e. The average Bonchev–Trinajstić information content (AvgIpc) is 2.55. The minimum absolute atomic E-state index is 0.0174. The number of hydrogen-bond donors (Lipinski definition) is 1. The van der Waals surface area contributed by atoms with Crippen molar-refractivity contribution in [3.63, 3.8) is 0 Å². The van der Waals surface area contributed by atoms with Gasteiger partial charge in [0.1, 0.15) is 5.82 Å². The number of amides is 2. The quantitative estimate of drug-likeness (QED) is 0.848. The van der Waals surface area contributed by atoms with E-state index in [4.69, 9.17) is 0 Å². The number of halogens is 1. The van der Waals surface area contributed by atoms with Gasteiger partial charge in [-0.05, 0) is 67.8 Å². The highest BCUT2D eigenvalue weighted by molar-refractivity contribution is 5.95. The summed E-state index contributed by atoms with van der Waals surface area (Å²) in [5.41, 5.74) is 3.15. The van der Waals surface area contributed by atoms with Gasteiger partial charge in [0.25, 0.3) is 0 Å². The molecule has 1 N–H and O–H groups in total. The van der Waals surface area contributed by atoms with Crippen LogP contribution in [-0.2, 0) is 13.0 Å². The lowest BCUT2D eigenvalue weighted by atomic mass is 9.95. The van der Waals surface area contributed by atoms with E-state index in [2.05, 4.69) is 5.32 Å². The average molecular weight is 326 g/mol. The summed E-state index contributed by atoms with van der Waals surface area (Å²) < 4.78 is 13.4. The summed E-state index contributed by atoms with van der Waals surface area (Å²) in [5, 5.41) is 2.84. The lowest BCUT2D eigenvalue weighted by Crippen LogP contribution is -2.44. The zero-order valence-electron chi connectivity index (χ0n) is 13.7. The van der Waals surface area contributed by atoms with Crippen LogP contribution in [0.15, 0.2) is 42.5 Å². The number of nitrogens with zero attached hydrogens (tertiary/aromatic N) is 1. The Morgan fingerprint density at radius 1 is 1.12 bits per heavy atom. The molecule has 1 aliphatic rings. The van der Waals surface area contributed by atoms with Crippen LogP contribution < -0.4 is 5.32 Å². The molecule has 1 aliphatic heterocycles. The number of anilines is 1. The third-order valence-electron chi connectivity index (χ3n) is 4.36. The Labute approximate surface area is 140 Å². The van der Waals surface area contributed by atoms with Crippen LogP contribution in [0.3, 0.4) is 0 Å². The first-order chi connectivity index (χ1) is 11.4. The van der Waals surface area contributed by atoms with Crippen LogP contribution in [0, 0.1) is 5.82 Å². The summed E-state index contributed by atoms with van der Waals surface area (Å²) in [5.74, 6) is -0.306. The van der Waals surface area contributed by atoms with E-state index in [1.807, 2.05) is 6.92 Å². The van der Waals surface area contributed by atoms with Crippen LogP contribution in [0.1, 0.15) is 35.3 Å². The van der Waals surface area contributed by atoms with E-state index in [0.717, 1.165) is 11.1 Å². The third-order valence-corrected chi connectivity index (χ3v) is 4.36. The van der Waals surface area contributed by atoms with Gasteiger partial charge in [0.15, 0.2) is 5.78 Å². The third kappa shape index (κ3) is 3.30. The Hall–Kier alpha value is -2.69. The Kier molecular flexibility index (Phi) is 4.34. The topological polar surface area (TPSA) is 49.4 Å².